The summed E-state index contributed by atoms with van der Waals surface area (Å²) in [6.07, 6.45) is -3.41. The molecule has 0 fully saturated rings. The zero-order chi connectivity index (χ0) is 30.9. The van der Waals surface area contributed by atoms with E-state index in [1.54, 1.807) is 48.5 Å². The lowest BCUT2D eigenvalue weighted by atomic mass is 10.0. The Bertz CT molecular complexity index is 1930. The largest absolute Gasteiger partial charge is 0.422 e. The van der Waals surface area contributed by atoms with Gasteiger partial charge in [0.2, 0.25) is 0 Å². The molecule has 5 aromatic rings. The van der Waals surface area contributed by atoms with Gasteiger partial charge in [0.05, 0.1) is 22.4 Å². The Kier molecular flexibility index (Phi) is 8.84. The average Bonchev–Trinajstić information content (AvgIpc) is 3.34. The maximum absolute atomic E-state index is 13.4. The third-order valence-electron chi connectivity index (χ3n) is 6.15. The number of aromatic nitrogens is 1. The highest BCUT2D eigenvalue weighted by Gasteiger charge is 2.31. The van der Waals surface area contributed by atoms with Gasteiger partial charge in [0, 0.05) is 42.1 Å². The van der Waals surface area contributed by atoms with E-state index in [1.165, 1.54) is 18.3 Å². The molecule has 0 atom stereocenters. The SMILES string of the molecule is O=C(Oc1ccc(Br)cc1C=NNC(=O)c1[nH]c2cc(Cl)cc(Cl)c2c1-c1ccccc1Cl)c1cccc(C(F)(F)F)c1. The first-order valence-electron chi connectivity index (χ1n) is 12.2. The van der Waals surface area contributed by atoms with Crippen molar-refractivity contribution in [2.24, 2.45) is 5.10 Å². The van der Waals surface area contributed by atoms with E-state index in [0.29, 0.717) is 47.6 Å². The molecule has 13 heteroatoms. The van der Waals surface area contributed by atoms with E-state index in [0.717, 1.165) is 12.1 Å². The van der Waals surface area contributed by atoms with Crippen molar-refractivity contribution < 1.29 is 27.5 Å². The molecule has 0 aliphatic heterocycles. The number of benzene rings is 4. The van der Waals surface area contributed by atoms with Gasteiger partial charge >= 0.3 is 12.1 Å². The Hall–Kier alpha value is -3.83. The van der Waals surface area contributed by atoms with Crippen molar-refractivity contribution in [3.8, 4) is 16.9 Å². The van der Waals surface area contributed by atoms with Crippen molar-refractivity contribution in [1.29, 1.82) is 0 Å². The summed E-state index contributed by atoms with van der Waals surface area (Å²) in [6, 6.07) is 18.5. The van der Waals surface area contributed by atoms with Gasteiger partial charge in [-0.3, -0.25) is 4.79 Å². The molecule has 1 aromatic heterocycles. The fourth-order valence-corrected chi connectivity index (χ4v) is 5.46. The number of nitrogens with zero attached hydrogens (tertiary/aromatic N) is 1. The smallest absolute Gasteiger partial charge is 0.416 e. The second-order valence-corrected chi connectivity index (χ2v) is 11.2. The van der Waals surface area contributed by atoms with E-state index in [-0.39, 0.29) is 22.6 Å². The van der Waals surface area contributed by atoms with Crippen LogP contribution in [0.25, 0.3) is 22.0 Å². The topological polar surface area (TPSA) is 83.5 Å². The zero-order valence-corrected chi connectivity index (χ0v) is 25.3. The molecule has 6 nitrogen and oxygen atoms in total. The summed E-state index contributed by atoms with van der Waals surface area (Å²) >= 11 is 22.5. The molecule has 2 N–H and O–H groups in total. The number of amides is 1. The Morgan fingerprint density at radius 1 is 0.930 bits per heavy atom. The Balaban J connectivity index is 1.43. The molecule has 1 amide bonds. The molecular weight excluding hydrogens is 694 g/mol. The summed E-state index contributed by atoms with van der Waals surface area (Å²) in [4.78, 5) is 29.1. The van der Waals surface area contributed by atoms with Gasteiger partial charge in [-0.1, -0.05) is 75.0 Å². The molecule has 0 aliphatic rings. The van der Waals surface area contributed by atoms with E-state index in [2.05, 4.69) is 31.4 Å². The predicted molar refractivity (Wildman–Crippen MR) is 164 cm³/mol. The summed E-state index contributed by atoms with van der Waals surface area (Å²) in [5, 5.41) is 5.59. The van der Waals surface area contributed by atoms with Crippen molar-refractivity contribution in [1.82, 2.24) is 10.4 Å². The molecule has 4 aromatic carbocycles. The van der Waals surface area contributed by atoms with Gasteiger partial charge in [-0.25, -0.2) is 10.2 Å². The van der Waals surface area contributed by atoms with Crippen molar-refractivity contribution in [2.75, 3.05) is 0 Å². The summed E-state index contributed by atoms with van der Waals surface area (Å²) in [6.45, 7) is 0. The van der Waals surface area contributed by atoms with Crippen LogP contribution in [0.4, 0.5) is 13.2 Å². The number of ether oxygens (including phenoxy) is 1. The first kappa shape index (κ1) is 30.6. The first-order valence-corrected chi connectivity index (χ1v) is 14.1. The Labute approximate surface area is 265 Å². The number of fused-ring (bicyclic) bond motifs is 1. The number of H-pyrrole nitrogens is 1. The molecule has 1 heterocycles. The molecule has 0 aliphatic carbocycles. The fraction of sp³-hybridized carbons (Fsp3) is 0.0333. The molecule has 0 radical (unpaired) electrons. The third kappa shape index (κ3) is 6.73. The highest BCUT2D eigenvalue weighted by molar-refractivity contribution is 9.10. The van der Waals surface area contributed by atoms with Crippen LogP contribution in [0.1, 0.15) is 32.0 Å². The fourth-order valence-electron chi connectivity index (χ4n) is 4.26. The lowest BCUT2D eigenvalue weighted by Crippen LogP contribution is -2.19. The third-order valence-corrected chi connectivity index (χ3v) is 7.49. The maximum Gasteiger partial charge on any atom is 0.416 e. The number of nitrogens with one attached hydrogen (secondary N) is 2. The highest BCUT2D eigenvalue weighted by Crippen LogP contribution is 2.41. The molecule has 0 bridgehead atoms. The molecule has 43 heavy (non-hydrogen) atoms. The van der Waals surface area contributed by atoms with Crippen molar-refractivity contribution in [3.63, 3.8) is 0 Å². The number of rotatable bonds is 6. The number of carbonyl (C=O) groups excluding carboxylic acids is 2. The molecule has 0 unspecified atom stereocenters. The van der Waals surface area contributed by atoms with Gasteiger partial charge in [-0.15, -0.1) is 0 Å². The van der Waals surface area contributed by atoms with Crippen LogP contribution in [0.5, 0.6) is 5.75 Å². The number of hydrogen-bond acceptors (Lipinski definition) is 4. The minimum Gasteiger partial charge on any atom is -0.422 e. The Morgan fingerprint density at radius 3 is 2.44 bits per heavy atom. The van der Waals surface area contributed by atoms with Gasteiger partial charge < -0.3 is 9.72 Å². The summed E-state index contributed by atoms with van der Waals surface area (Å²) in [5.74, 6) is -1.66. The molecule has 5 rings (SSSR count). The molecule has 0 saturated carbocycles. The van der Waals surface area contributed by atoms with Gasteiger partial charge in [0.1, 0.15) is 11.4 Å². The van der Waals surface area contributed by atoms with Crippen LogP contribution in [0.3, 0.4) is 0 Å². The van der Waals surface area contributed by atoms with Crippen molar-refractivity contribution >= 4 is 79.7 Å². The van der Waals surface area contributed by atoms with Crippen molar-refractivity contribution in [3.05, 3.63) is 121 Å². The van der Waals surface area contributed by atoms with Crippen molar-refractivity contribution in [2.45, 2.75) is 6.18 Å². The summed E-state index contributed by atoms with van der Waals surface area (Å²) in [7, 11) is 0. The molecule has 0 saturated heterocycles. The Morgan fingerprint density at radius 2 is 1.70 bits per heavy atom. The van der Waals surface area contributed by atoms with Crippen LogP contribution in [0.15, 0.2) is 88.4 Å². The first-order chi connectivity index (χ1) is 20.4. The van der Waals surface area contributed by atoms with Gasteiger partial charge in [0.15, 0.2) is 0 Å². The second-order valence-electron chi connectivity index (χ2n) is 9.01. The number of alkyl halides is 3. The zero-order valence-electron chi connectivity index (χ0n) is 21.4. The average molecular weight is 710 g/mol. The number of halogens is 7. The normalized spacial score (nSPS) is 11.7. The number of hydrazone groups is 1. The van der Waals surface area contributed by atoms with E-state index in [4.69, 9.17) is 39.5 Å². The van der Waals surface area contributed by atoms with Gasteiger partial charge in [0.25, 0.3) is 5.91 Å². The van der Waals surface area contributed by atoms with Crippen LogP contribution in [-0.2, 0) is 6.18 Å². The van der Waals surface area contributed by atoms with Crippen LogP contribution >= 0.6 is 50.7 Å². The standard InChI is InChI=1S/C30H16BrCl3F3N3O3/c31-18-8-9-24(43-29(42)15-4-3-5-17(10-15)30(35,36)37)16(11-18)14-38-40-28(41)27-25(20-6-1-2-7-21(20)33)26-22(34)12-19(32)13-23(26)39-27/h1-14,39H,(H,40,41). The minimum atomic E-state index is -4.63. The van der Waals surface area contributed by atoms with E-state index >= 15 is 0 Å². The number of carbonyl (C=O) groups is 2. The summed E-state index contributed by atoms with van der Waals surface area (Å²) in [5.41, 5.74) is 2.98. The second kappa shape index (κ2) is 12.4. The minimum absolute atomic E-state index is 0.00703. The lowest BCUT2D eigenvalue weighted by Gasteiger charge is -2.10. The van der Waals surface area contributed by atoms with Gasteiger partial charge in [-0.2, -0.15) is 18.3 Å². The lowest BCUT2D eigenvalue weighted by molar-refractivity contribution is -0.137. The van der Waals surface area contributed by atoms with Crippen LogP contribution in [0.2, 0.25) is 15.1 Å². The van der Waals surface area contributed by atoms with Crippen LogP contribution in [0, 0.1) is 0 Å². The highest BCUT2D eigenvalue weighted by atomic mass is 79.9. The van der Waals surface area contributed by atoms with Crippen LogP contribution < -0.4 is 10.2 Å². The van der Waals surface area contributed by atoms with E-state index < -0.39 is 23.6 Å². The quantitative estimate of drug-likeness (QED) is 0.0798. The maximum atomic E-state index is 13.4. The number of hydrogen-bond donors (Lipinski definition) is 2. The number of aromatic amines is 1. The van der Waals surface area contributed by atoms with E-state index in [1.807, 2.05) is 0 Å². The number of esters is 1. The summed E-state index contributed by atoms with van der Waals surface area (Å²) < 4.78 is 45.3. The van der Waals surface area contributed by atoms with Gasteiger partial charge in [-0.05, 0) is 54.6 Å². The van der Waals surface area contributed by atoms with Crippen LogP contribution in [-0.4, -0.2) is 23.1 Å². The predicted octanol–water partition coefficient (Wildman–Crippen LogP) is 9.56. The monoisotopic (exact) mass is 707 g/mol. The molecular formula is C30H16BrCl3F3N3O3. The van der Waals surface area contributed by atoms with E-state index in [9.17, 15) is 22.8 Å². The molecule has 0 spiro atoms. The molecule has 218 valence electrons.